The Morgan fingerprint density at radius 2 is 2.04 bits per heavy atom. The third-order valence-corrected chi connectivity index (χ3v) is 3.55. The highest BCUT2D eigenvalue weighted by Crippen LogP contribution is 2.13. The Morgan fingerprint density at radius 3 is 2.70 bits per heavy atom. The van der Waals surface area contributed by atoms with E-state index in [0.717, 1.165) is 32.1 Å². The summed E-state index contributed by atoms with van der Waals surface area (Å²) in [6, 6.07) is 5.33. The number of hydrogen-bond acceptors (Lipinski definition) is 4. The van der Waals surface area contributed by atoms with Crippen molar-refractivity contribution in [2.24, 2.45) is 0 Å². The van der Waals surface area contributed by atoms with Crippen LogP contribution >= 0.6 is 0 Å². The smallest absolute Gasteiger partial charge is 0.328 e. The Morgan fingerprint density at radius 1 is 1.30 bits per heavy atom. The van der Waals surface area contributed by atoms with E-state index < -0.39 is 17.9 Å². The van der Waals surface area contributed by atoms with E-state index in [4.69, 9.17) is 4.74 Å². The quantitative estimate of drug-likeness (QED) is 0.394. The molecule has 0 radical (unpaired) electrons. The Kier molecular flexibility index (Phi) is 8.50. The van der Waals surface area contributed by atoms with Gasteiger partial charge >= 0.3 is 5.97 Å². The molecule has 126 valence electrons. The number of rotatable bonds is 10. The van der Waals surface area contributed by atoms with E-state index in [0.29, 0.717) is 12.0 Å². The first kappa shape index (κ1) is 18.7. The molecular formula is C18H25NO4. The van der Waals surface area contributed by atoms with Crippen LogP contribution in [0, 0.1) is 0 Å². The number of esters is 1. The second-order valence-corrected chi connectivity index (χ2v) is 5.38. The number of phenolic OH excluding ortho intramolecular Hbond substituents is 1. The molecule has 1 aromatic carbocycles. The van der Waals surface area contributed by atoms with Gasteiger partial charge in [-0.1, -0.05) is 31.4 Å². The summed E-state index contributed by atoms with van der Waals surface area (Å²) in [7, 11) is 1.31. The summed E-state index contributed by atoms with van der Waals surface area (Å²) in [6.07, 6.45) is 7.40. The normalized spacial score (nSPS) is 11.5. The summed E-state index contributed by atoms with van der Waals surface area (Å²) in [5.74, 6) is -0.845. The highest BCUT2D eigenvalue weighted by molar-refractivity contribution is 5.97. The number of phenols is 1. The molecule has 23 heavy (non-hydrogen) atoms. The third kappa shape index (κ3) is 7.00. The predicted molar refractivity (Wildman–Crippen MR) is 89.3 cm³/mol. The number of carbonyl (C=O) groups is 2. The van der Waals surface area contributed by atoms with Gasteiger partial charge in [-0.25, -0.2) is 4.79 Å². The molecule has 0 aliphatic heterocycles. The van der Waals surface area contributed by atoms with Gasteiger partial charge in [0.05, 0.1) is 7.11 Å². The number of nitrogens with one attached hydrogen (secondary N) is 1. The predicted octanol–water partition coefficient (Wildman–Crippen LogP) is 3.19. The molecule has 1 aromatic rings. The van der Waals surface area contributed by atoms with E-state index in [1.54, 1.807) is 12.1 Å². The number of methoxy groups -OCH3 is 1. The van der Waals surface area contributed by atoms with Crippen molar-refractivity contribution in [3.63, 3.8) is 0 Å². The minimum Gasteiger partial charge on any atom is -0.508 e. The Labute approximate surface area is 137 Å². The molecule has 0 spiro atoms. The Balaban J connectivity index is 2.52. The number of aromatic hydroxyl groups is 1. The molecule has 1 atom stereocenters. The van der Waals surface area contributed by atoms with E-state index in [1.807, 2.05) is 6.08 Å². The van der Waals surface area contributed by atoms with Gasteiger partial charge in [-0.15, -0.1) is 6.58 Å². The van der Waals surface area contributed by atoms with Gasteiger partial charge in [-0.2, -0.15) is 0 Å². The zero-order chi connectivity index (χ0) is 17.1. The molecule has 0 saturated heterocycles. The summed E-state index contributed by atoms with van der Waals surface area (Å²) in [5.41, 5.74) is 0.310. The first-order chi connectivity index (χ1) is 11.1. The van der Waals surface area contributed by atoms with Gasteiger partial charge in [0, 0.05) is 5.56 Å². The SMILES string of the molecule is C=CCCCCCC[C@H](NC(=O)c1cccc(O)c1)C(=O)OC. The highest BCUT2D eigenvalue weighted by Gasteiger charge is 2.21. The van der Waals surface area contributed by atoms with E-state index in [-0.39, 0.29) is 5.75 Å². The second kappa shape index (κ2) is 10.4. The lowest BCUT2D eigenvalue weighted by molar-refractivity contribution is -0.143. The van der Waals surface area contributed by atoms with Crippen LogP contribution in [0.3, 0.4) is 0 Å². The maximum Gasteiger partial charge on any atom is 0.328 e. The number of amides is 1. The molecule has 0 aliphatic carbocycles. The molecule has 5 heteroatoms. The number of ether oxygens (including phenoxy) is 1. The summed E-state index contributed by atoms with van der Waals surface area (Å²) < 4.78 is 4.75. The van der Waals surface area contributed by atoms with E-state index in [9.17, 15) is 14.7 Å². The van der Waals surface area contributed by atoms with Crippen LogP contribution in [0.2, 0.25) is 0 Å². The zero-order valence-corrected chi connectivity index (χ0v) is 13.6. The molecule has 0 aromatic heterocycles. The molecule has 0 fully saturated rings. The zero-order valence-electron chi connectivity index (χ0n) is 13.6. The minimum absolute atomic E-state index is 0.00878. The summed E-state index contributed by atoms with van der Waals surface area (Å²) >= 11 is 0. The van der Waals surface area contributed by atoms with Crippen molar-refractivity contribution < 1.29 is 19.4 Å². The van der Waals surface area contributed by atoms with Crippen LogP contribution in [0.4, 0.5) is 0 Å². The van der Waals surface area contributed by atoms with Crippen LogP contribution < -0.4 is 5.32 Å². The molecule has 2 N–H and O–H groups in total. The van der Waals surface area contributed by atoms with Gasteiger partial charge < -0.3 is 15.2 Å². The fourth-order valence-electron chi connectivity index (χ4n) is 2.27. The van der Waals surface area contributed by atoms with Crippen molar-refractivity contribution in [1.29, 1.82) is 0 Å². The van der Waals surface area contributed by atoms with Crippen molar-refractivity contribution in [2.75, 3.05) is 7.11 Å². The Hall–Kier alpha value is -2.30. The first-order valence-electron chi connectivity index (χ1n) is 7.87. The molecule has 0 aliphatic rings. The largest absolute Gasteiger partial charge is 0.508 e. The van der Waals surface area contributed by atoms with Crippen LogP contribution in [-0.2, 0) is 9.53 Å². The fraction of sp³-hybridized carbons (Fsp3) is 0.444. The molecule has 1 rings (SSSR count). The highest BCUT2D eigenvalue weighted by atomic mass is 16.5. The lowest BCUT2D eigenvalue weighted by Gasteiger charge is -2.16. The molecule has 0 unspecified atom stereocenters. The monoisotopic (exact) mass is 319 g/mol. The minimum atomic E-state index is -0.672. The third-order valence-electron chi connectivity index (χ3n) is 3.55. The van der Waals surface area contributed by atoms with Crippen LogP contribution in [-0.4, -0.2) is 30.1 Å². The molecule has 0 saturated carbocycles. The summed E-state index contributed by atoms with van der Waals surface area (Å²) in [6.45, 7) is 3.68. The summed E-state index contributed by atoms with van der Waals surface area (Å²) in [4.78, 5) is 24.0. The average molecular weight is 319 g/mol. The van der Waals surface area contributed by atoms with Gasteiger partial charge in [0.15, 0.2) is 0 Å². The van der Waals surface area contributed by atoms with Crippen LogP contribution in [0.5, 0.6) is 5.75 Å². The standard InChI is InChI=1S/C18H25NO4/c1-3-4-5-6-7-8-12-16(18(22)23-2)19-17(21)14-10-9-11-15(20)13-14/h3,9-11,13,16,20H,1,4-8,12H2,2H3,(H,19,21)/t16-/m0/s1. The number of hydrogen-bond donors (Lipinski definition) is 2. The Bertz CT molecular complexity index is 528. The van der Waals surface area contributed by atoms with Crippen LogP contribution in [0.25, 0.3) is 0 Å². The topological polar surface area (TPSA) is 75.6 Å². The van der Waals surface area contributed by atoms with E-state index in [1.165, 1.54) is 19.2 Å². The maximum absolute atomic E-state index is 12.2. The maximum atomic E-state index is 12.2. The molecule has 0 heterocycles. The first-order valence-corrected chi connectivity index (χ1v) is 7.87. The number of benzene rings is 1. The molecule has 5 nitrogen and oxygen atoms in total. The van der Waals surface area contributed by atoms with Gasteiger partial charge in [0.2, 0.25) is 0 Å². The van der Waals surface area contributed by atoms with Crippen molar-refractivity contribution >= 4 is 11.9 Å². The van der Waals surface area contributed by atoms with Gasteiger partial charge in [-0.3, -0.25) is 4.79 Å². The lowest BCUT2D eigenvalue weighted by Crippen LogP contribution is -2.41. The van der Waals surface area contributed by atoms with E-state index in [2.05, 4.69) is 11.9 Å². The van der Waals surface area contributed by atoms with Crippen molar-refractivity contribution in [2.45, 2.75) is 44.6 Å². The summed E-state index contributed by atoms with van der Waals surface area (Å²) in [5, 5.41) is 12.1. The van der Waals surface area contributed by atoms with Crippen molar-refractivity contribution in [1.82, 2.24) is 5.32 Å². The lowest BCUT2D eigenvalue weighted by atomic mass is 10.1. The second-order valence-electron chi connectivity index (χ2n) is 5.38. The fourth-order valence-corrected chi connectivity index (χ4v) is 2.27. The number of unbranched alkanes of at least 4 members (excludes halogenated alkanes) is 4. The van der Waals surface area contributed by atoms with Gasteiger partial charge in [-0.05, 0) is 37.5 Å². The van der Waals surface area contributed by atoms with Gasteiger partial charge in [0.1, 0.15) is 11.8 Å². The average Bonchev–Trinajstić information content (AvgIpc) is 2.56. The number of carbonyl (C=O) groups excluding carboxylic acids is 2. The molecule has 1 amide bonds. The van der Waals surface area contributed by atoms with Crippen molar-refractivity contribution in [3.8, 4) is 5.75 Å². The van der Waals surface area contributed by atoms with Crippen LogP contribution in [0.1, 0.15) is 48.9 Å². The number of allylic oxidation sites excluding steroid dienone is 1. The molecular weight excluding hydrogens is 294 g/mol. The molecule has 0 bridgehead atoms. The van der Waals surface area contributed by atoms with Crippen LogP contribution in [0.15, 0.2) is 36.9 Å². The van der Waals surface area contributed by atoms with Gasteiger partial charge in [0.25, 0.3) is 5.91 Å². The van der Waals surface area contributed by atoms with E-state index >= 15 is 0 Å². The van der Waals surface area contributed by atoms with Crippen molar-refractivity contribution in [3.05, 3.63) is 42.5 Å².